The minimum Gasteiger partial charge on any atom is -0.372 e. The van der Waals surface area contributed by atoms with Crippen molar-refractivity contribution in [1.29, 1.82) is 10.5 Å². The maximum absolute atomic E-state index is 8.37. The molecule has 0 unspecified atom stereocenters. The van der Waals surface area contributed by atoms with Crippen LogP contribution in [-0.4, -0.2) is 5.06 Å². The topological polar surface area (TPSA) is 60.0 Å². The second-order valence-corrected chi connectivity index (χ2v) is 1.49. The molecule has 0 aromatic heterocycles. The van der Waals surface area contributed by atoms with Gasteiger partial charge < -0.3 is 4.84 Å². The first-order valence-electron chi connectivity index (χ1n) is 2.52. The van der Waals surface area contributed by atoms with Gasteiger partial charge in [0.2, 0.25) is 6.19 Å². The molecule has 0 N–H and O–H groups in total. The average Bonchev–Trinajstić information content (AvgIpc) is 2.04. The fourth-order valence-corrected chi connectivity index (χ4v) is 0.511. The van der Waals surface area contributed by atoms with Crippen molar-refractivity contribution in [2.45, 2.75) is 0 Å². The van der Waals surface area contributed by atoms with Gasteiger partial charge in [0.25, 0.3) is 0 Å². The summed E-state index contributed by atoms with van der Waals surface area (Å²) < 4.78 is 0. The highest BCUT2D eigenvalue weighted by Crippen LogP contribution is 2.07. The van der Waals surface area contributed by atoms with Crippen LogP contribution in [0, 0.1) is 22.8 Å². The average molecular weight is 133 g/mol. The summed E-state index contributed by atoms with van der Waals surface area (Å²) in [4.78, 5) is 4.63. The van der Waals surface area contributed by atoms with Crippen molar-refractivity contribution >= 4 is 0 Å². The molecule has 0 saturated heterocycles. The number of hydrogen-bond acceptors (Lipinski definition) is 4. The Bertz CT molecular complexity index is 266. The van der Waals surface area contributed by atoms with Crippen LogP contribution in [0.1, 0.15) is 0 Å². The molecule has 0 bridgehead atoms. The maximum Gasteiger partial charge on any atom is 0.221 e. The van der Waals surface area contributed by atoms with E-state index in [-0.39, 0.29) is 5.70 Å². The SMILES string of the molecule is N#CC1=CC=CON1C#N. The van der Waals surface area contributed by atoms with E-state index < -0.39 is 0 Å². The van der Waals surface area contributed by atoms with Gasteiger partial charge in [0.15, 0.2) is 5.70 Å². The van der Waals surface area contributed by atoms with Gasteiger partial charge in [-0.25, -0.2) is 0 Å². The Hall–Kier alpha value is -1.94. The molecule has 48 valence electrons. The van der Waals surface area contributed by atoms with Crippen LogP contribution in [0.4, 0.5) is 0 Å². The number of nitriles is 2. The largest absolute Gasteiger partial charge is 0.372 e. The van der Waals surface area contributed by atoms with Crippen molar-refractivity contribution in [3.8, 4) is 12.3 Å². The molecule has 1 aliphatic heterocycles. The number of allylic oxidation sites excluding steroid dienone is 3. The second-order valence-electron chi connectivity index (χ2n) is 1.49. The molecule has 0 aromatic carbocycles. The summed E-state index contributed by atoms with van der Waals surface area (Å²) in [6.07, 6.45) is 6.04. The Kier molecular flexibility index (Phi) is 1.58. The molecule has 4 nitrogen and oxygen atoms in total. The third-order valence-corrected chi connectivity index (χ3v) is 0.923. The van der Waals surface area contributed by atoms with E-state index in [2.05, 4.69) is 4.84 Å². The van der Waals surface area contributed by atoms with Crippen LogP contribution in [0.2, 0.25) is 0 Å². The standard InChI is InChI=1S/C6H3N3O/c7-4-6-2-1-3-10-9(6)5-8/h1-3H. The summed E-state index contributed by atoms with van der Waals surface area (Å²) in [6, 6.07) is 1.79. The van der Waals surface area contributed by atoms with Crippen LogP contribution >= 0.6 is 0 Å². The predicted octanol–water partition coefficient (Wildman–Crippen LogP) is 0.636. The van der Waals surface area contributed by atoms with E-state index in [9.17, 15) is 0 Å². The molecule has 0 aromatic rings. The van der Waals surface area contributed by atoms with Gasteiger partial charge in [0.1, 0.15) is 12.3 Å². The van der Waals surface area contributed by atoms with Crippen LogP contribution in [-0.2, 0) is 4.84 Å². The van der Waals surface area contributed by atoms with Gasteiger partial charge in [-0.1, -0.05) is 5.06 Å². The molecule has 0 saturated carbocycles. The van der Waals surface area contributed by atoms with Gasteiger partial charge in [-0.05, 0) is 12.2 Å². The Labute approximate surface area is 57.8 Å². The summed E-state index contributed by atoms with van der Waals surface area (Å²) in [5.41, 5.74) is 0.185. The summed E-state index contributed by atoms with van der Waals surface area (Å²) in [5, 5.41) is 17.5. The maximum atomic E-state index is 8.37. The van der Waals surface area contributed by atoms with Crippen molar-refractivity contribution in [3.63, 3.8) is 0 Å². The van der Waals surface area contributed by atoms with E-state index in [1.54, 1.807) is 18.3 Å². The van der Waals surface area contributed by atoms with E-state index >= 15 is 0 Å². The lowest BCUT2D eigenvalue weighted by Gasteiger charge is -2.12. The highest BCUT2D eigenvalue weighted by molar-refractivity contribution is 5.26. The molecule has 1 heterocycles. The molecule has 0 radical (unpaired) electrons. The third-order valence-electron chi connectivity index (χ3n) is 0.923. The van der Waals surface area contributed by atoms with Gasteiger partial charge in [-0.3, -0.25) is 0 Å². The van der Waals surface area contributed by atoms with Crippen LogP contribution in [0.25, 0.3) is 0 Å². The lowest BCUT2D eigenvalue weighted by molar-refractivity contribution is -0.0117. The van der Waals surface area contributed by atoms with Gasteiger partial charge >= 0.3 is 0 Å². The van der Waals surface area contributed by atoms with Crippen LogP contribution in [0.5, 0.6) is 0 Å². The van der Waals surface area contributed by atoms with Crippen molar-refractivity contribution in [1.82, 2.24) is 5.06 Å². The summed E-state index contributed by atoms with van der Waals surface area (Å²) in [5.74, 6) is 0. The monoisotopic (exact) mass is 133 g/mol. The van der Waals surface area contributed by atoms with E-state index in [1.165, 1.54) is 12.3 Å². The fourth-order valence-electron chi connectivity index (χ4n) is 0.511. The molecular weight excluding hydrogens is 130 g/mol. The Morgan fingerprint density at radius 1 is 1.50 bits per heavy atom. The highest BCUT2D eigenvalue weighted by Gasteiger charge is 2.09. The number of nitrogens with zero attached hydrogens (tertiary/aromatic N) is 3. The Morgan fingerprint density at radius 3 is 2.80 bits per heavy atom. The number of hydrogen-bond donors (Lipinski definition) is 0. The minimum atomic E-state index is 0.185. The normalized spacial score (nSPS) is 14.6. The second kappa shape index (κ2) is 2.56. The highest BCUT2D eigenvalue weighted by atomic mass is 16.7. The van der Waals surface area contributed by atoms with Crippen LogP contribution < -0.4 is 0 Å². The predicted molar refractivity (Wildman–Crippen MR) is 31.4 cm³/mol. The molecule has 1 rings (SSSR count). The molecule has 0 fully saturated rings. The molecule has 10 heavy (non-hydrogen) atoms. The van der Waals surface area contributed by atoms with Crippen molar-refractivity contribution in [3.05, 3.63) is 24.1 Å². The smallest absolute Gasteiger partial charge is 0.221 e. The van der Waals surface area contributed by atoms with Crippen molar-refractivity contribution in [2.75, 3.05) is 0 Å². The fraction of sp³-hybridized carbons (Fsp3) is 0. The van der Waals surface area contributed by atoms with E-state index in [0.29, 0.717) is 0 Å². The van der Waals surface area contributed by atoms with E-state index in [4.69, 9.17) is 10.5 Å². The summed E-state index contributed by atoms with van der Waals surface area (Å²) in [6.45, 7) is 0. The molecule has 1 aliphatic rings. The first-order chi connectivity index (χ1) is 4.88. The van der Waals surface area contributed by atoms with Crippen LogP contribution in [0.3, 0.4) is 0 Å². The molecule has 0 atom stereocenters. The zero-order valence-electron chi connectivity index (χ0n) is 4.98. The van der Waals surface area contributed by atoms with Crippen LogP contribution in [0.15, 0.2) is 24.1 Å². The van der Waals surface area contributed by atoms with Crippen molar-refractivity contribution < 1.29 is 4.84 Å². The number of hydroxylamine groups is 2. The van der Waals surface area contributed by atoms with E-state index in [1.807, 2.05) is 0 Å². The lowest BCUT2D eigenvalue weighted by atomic mass is 10.4. The van der Waals surface area contributed by atoms with E-state index in [0.717, 1.165) is 5.06 Å². The van der Waals surface area contributed by atoms with Crippen molar-refractivity contribution in [2.24, 2.45) is 0 Å². The van der Waals surface area contributed by atoms with Gasteiger partial charge in [0.05, 0.1) is 0 Å². The lowest BCUT2D eigenvalue weighted by Crippen LogP contribution is -2.15. The zero-order chi connectivity index (χ0) is 7.40. The quantitative estimate of drug-likeness (QED) is 0.455. The van der Waals surface area contributed by atoms with Gasteiger partial charge in [-0.15, -0.1) is 0 Å². The third kappa shape index (κ3) is 0.910. The molecule has 0 spiro atoms. The number of rotatable bonds is 0. The van der Waals surface area contributed by atoms with Gasteiger partial charge in [-0.2, -0.15) is 10.5 Å². The minimum absolute atomic E-state index is 0.185. The first kappa shape index (κ1) is 6.18. The first-order valence-corrected chi connectivity index (χ1v) is 2.52. The molecule has 0 amide bonds. The molecule has 0 aliphatic carbocycles. The Balaban J connectivity index is 2.86. The van der Waals surface area contributed by atoms with Gasteiger partial charge in [0, 0.05) is 0 Å². The molecular formula is C6H3N3O. The summed E-state index contributed by atoms with van der Waals surface area (Å²) >= 11 is 0. The molecule has 4 heteroatoms. The Morgan fingerprint density at radius 2 is 2.30 bits per heavy atom. The summed E-state index contributed by atoms with van der Waals surface area (Å²) in [7, 11) is 0. The zero-order valence-corrected chi connectivity index (χ0v) is 4.98.